The molecule has 0 saturated carbocycles. The van der Waals surface area contributed by atoms with Crippen LogP contribution >= 0.6 is 0 Å². The number of fused-ring (bicyclic) bond motifs is 3. The molecule has 51 heavy (non-hydrogen) atoms. The van der Waals surface area contributed by atoms with Gasteiger partial charge in [-0.2, -0.15) is 0 Å². The zero-order valence-corrected chi connectivity index (χ0v) is 27.9. The number of aromatic nitrogens is 1. The van der Waals surface area contributed by atoms with Crippen LogP contribution in [-0.4, -0.2) is 11.8 Å². The predicted octanol–water partition coefficient (Wildman–Crippen LogP) is 12.5. The second-order valence-corrected chi connectivity index (χ2v) is 12.7. The summed E-state index contributed by atoms with van der Waals surface area (Å²) in [6.07, 6.45) is 0. The Balaban J connectivity index is 1.14. The van der Waals surface area contributed by atoms with Crippen molar-refractivity contribution in [3.63, 3.8) is 0 Å². The number of rotatable bonds is 6. The van der Waals surface area contributed by atoms with Crippen molar-refractivity contribution in [2.24, 2.45) is 0 Å². The van der Waals surface area contributed by atoms with E-state index in [0.717, 1.165) is 67.4 Å². The quantitative estimate of drug-likeness (QED) is 0.179. The number of ether oxygens (including phenoxy) is 2. The van der Waals surface area contributed by atoms with E-state index in [-0.39, 0.29) is 6.79 Å². The van der Waals surface area contributed by atoms with E-state index in [1.54, 1.807) is 0 Å². The highest BCUT2D eigenvalue weighted by atomic mass is 16.7. The van der Waals surface area contributed by atoms with Crippen LogP contribution in [0.1, 0.15) is 0 Å². The summed E-state index contributed by atoms with van der Waals surface area (Å²) in [4.78, 5) is 5.07. The van der Waals surface area contributed by atoms with E-state index in [9.17, 15) is 0 Å². The van der Waals surface area contributed by atoms with Crippen LogP contribution in [0.4, 0.5) is 0 Å². The lowest BCUT2D eigenvalue weighted by Crippen LogP contribution is -2.03. The zero-order valence-electron chi connectivity index (χ0n) is 27.9. The van der Waals surface area contributed by atoms with Crippen molar-refractivity contribution in [3.05, 3.63) is 188 Å². The maximum atomic E-state index is 6.28. The predicted molar refractivity (Wildman–Crippen MR) is 208 cm³/mol. The lowest BCUT2D eigenvalue weighted by atomic mass is 9.91. The Morgan fingerprint density at radius 2 is 0.725 bits per heavy atom. The molecule has 0 radical (unpaired) electrons. The van der Waals surface area contributed by atoms with E-state index < -0.39 is 0 Å². The van der Waals surface area contributed by atoms with Gasteiger partial charge in [0.05, 0.1) is 11.4 Å². The van der Waals surface area contributed by atoms with Crippen molar-refractivity contribution < 1.29 is 9.47 Å². The molecule has 0 fully saturated rings. The van der Waals surface area contributed by atoms with Crippen molar-refractivity contribution in [2.45, 2.75) is 0 Å². The average Bonchev–Trinajstić information content (AvgIpc) is 3.40. The second kappa shape index (κ2) is 13.3. The van der Waals surface area contributed by atoms with Crippen molar-refractivity contribution in [1.82, 2.24) is 4.98 Å². The highest BCUT2D eigenvalue weighted by Crippen LogP contribution is 2.44. The lowest BCUT2D eigenvalue weighted by molar-refractivity contribution is 0.125. The Kier molecular flexibility index (Phi) is 7.92. The van der Waals surface area contributed by atoms with Gasteiger partial charge < -0.3 is 9.47 Å². The molecule has 1 aliphatic rings. The summed E-state index contributed by atoms with van der Waals surface area (Å²) in [6, 6.07) is 65.8. The number of benzene rings is 7. The molecule has 9 rings (SSSR count). The fourth-order valence-electron chi connectivity index (χ4n) is 6.85. The smallest absolute Gasteiger partial charge is 0.230 e. The molecule has 0 saturated heterocycles. The summed E-state index contributed by atoms with van der Waals surface area (Å²) in [6.45, 7) is 0.130. The SMILES string of the molecule is c1ccc(-c2cc(-c3ccccc3)cc(-c3ccc4c(c3)-c3ccc(-c5cc(-c6ccccc6)nc(-c6ccccc6)c5)cc3OCO4)c2)cc1. The molecule has 2 heterocycles. The molecule has 0 unspecified atom stereocenters. The van der Waals surface area contributed by atoms with E-state index in [0.29, 0.717) is 0 Å². The first-order valence-corrected chi connectivity index (χ1v) is 17.2. The Bertz CT molecular complexity index is 2360. The van der Waals surface area contributed by atoms with Gasteiger partial charge in [-0.1, -0.05) is 133 Å². The highest BCUT2D eigenvalue weighted by Gasteiger charge is 2.20. The van der Waals surface area contributed by atoms with Gasteiger partial charge >= 0.3 is 0 Å². The minimum absolute atomic E-state index is 0.130. The molecule has 0 amide bonds. The minimum Gasteiger partial charge on any atom is -0.457 e. The molecule has 0 bridgehead atoms. The highest BCUT2D eigenvalue weighted by molar-refractivity contribution is 5.87. The van der Waals surface area contributed by atoms with Crippen LogP contribution in [-0.2, 0) is 0 Å². The Morgan fingerprint density at radius 3 is 1.27 bits per heavy atom. The monoisotopic (exact) mass is 655 g/mol. The van der Waals surface area contributed by atoms with E-state index >= 15 is 0 Å². The van der Waals surface area contributed by atoms with Gasteiger partial charge in [-0.15, -0.1) is 0 Å². The number of hydrogen-bond donors (Lipinski definition) is 0. The molecule has 3 heteroatoms. The van der Waals surface area contributed by atoms with Gasteiger partial charge in [0.25, 0.3) is 0 Å². The first-order chi connectivity index (χ1) is 25.2. The summed E-state index contributed by atoms with van der Waals surface area (Å²) >= 11 is 0. The maximum absolute atomic E-state index is 6.28. The minimum atomic E-state index is 0.130. The molecular formula is C48H33NO2. The van der Waals surface area contributed by atoms with Crippen LogP contribution in [0.2, 0.25) is 0 Å². The summed E-state index contributed by atoms with van der Waals surface area (Å²) in [5.74, 6) is 1.58. The lowest BCUT2D eigenvalue weighted by Gasteiger charge is -2.14. The van der Waals surface area contributed by atoms with Gasteiger partial charge in [-0.25, -0.2) is 4.98 Å². The third-order valence-electron chi connectivity index (χ3n) is 9.46. The van der Waals surface area contributed by atoms with Crippen molar-refractivity contribution >= 4 is 0 Å². The molecule has 7 aromatic carbocycles. The Labute approximate surface area is 298 Å². The molecule has 1 aromatic heterocycles. The Hall–Kier alpha value is -6.71. The van der Waals surface area contributed by atoms with Crippen LogP contribution in [0.25, 0.3) is 78.1 Å². The molecule has 1 aliphatic heterocycles. The summed E-state index contributed by atoms with van der Waals surface area (Å²) in [7, 11) is 0. The van der Waals surface area contributed by atoms with Crippen molar-refractivity contribution in [1.29, 1.82) is 0 Å². The summed E-state index contributed by atoms with van der Waals surface area (Å²) in [5, 5.41) is 0. The largest absolute Gasteiger partial charge is 0.457 e. The Morgan fingerprint density at radius 1 is 0.294 bits per heavy atom. The van der Waals surface area contributed by atoms with Gasteiger partial charge in [0.2, 0.25) is 6.79 Å². The zero-order chi connectivity index (χ0) is 34.0. The maximum Gasteiger partial charge on any atom is 0.230 e. The van der Waals surface area contributed by atoms with Crippen LogP contribution < -0.4 is 9.47 Å². The van der Waals surface area contributed by atoms with Gasteiger partial charge in [0.1, 0.15) is 11.5 Å². The molecular weight excluding hydrogens is 623 g/mol. The topological polar surface area (TPSA) is 31.4 Å². The standard InChI is InChI=1S/C48H33NO2/c1-5-13-33(14-6-1)39-25-40(34-15-7-2-8-16-34)27-41(26-39)37-22-24-47-44(28-37)43-23-21-38(31-48(43)51-32-50-47)42-29-45(35-17-9-3-10-18-35)49-46(30-42)36-19-11-4-12-20-36/h1-31H,32H2. The van der Waals surface area contributed by atoms with Gasteiger partial charge in [0, 0.05) is 22.3 Å². The molecule has 0 aliphatic carbocycles. The van der Waals surface area contributed by atoms with Crippen LogP contribution in [0.15, 0.2) is 188 Å². The molecule has 242 valence electrons. The number of nitrogens with zero attached hydrogens (tertiary/aromatic N) is 1. The van der Waals surface area contributed by atoms with Crippen LogP contribution in [0.5, 0.6) is 11.5 Å². The second-order valence-electron chi connectivity index (χ2n) is 12.7. The molecule has 3 nitrogen and oxygen atoms in total. The first-order valence-electron chi connectivity index (χ1n) is 17.2. The average molecular weight is 656 g/mol. The fraction of sp³-hybridized carbons (Fsp3) is 0.0208. The molecule has 0 spiro atoms. The number of hydrogen-bond acceptors (Lipinski definition) is 3. The molecule has 0 N–H and O–H groups in total. The third kappa shape index (κ3) is 6.18. The third-order valence-corrected chi connectivity index (χ3v) is 9.46. The van der Waals surface area contributed by atoms with Crippen LogP contribution in [0.3, 0.4) is 0 Å². The molecule has 8 aromatic rings. The van der Waals surface area contributed by atoms with Gasteiger partial charge in [0.15, 0.2) is 0 Å². The van der Waals surface area contributed by atoms with Gasteiger partial charge in [-0.05, 0) is 99.1 Å². The fourth-order valence-corrected chi connectivity index (χ4v) is 6.85. The first kappa shape index (κ1) is 30.4. The van der Waals surface area contributed by atoms with E-state index in [2.05, 4.69) is 152 Å². The van der Waals surface area contributed by atoms with Gasteiger partial charge in [-0.3, -0.25) is 0 Å². The van der Waals surface area contributed by atoms with Crippen molar-refractivity contribution in [2.75, 3.05) is 6.79 Å². The summed E-state index contributed by atoms with van der Waals surface area (Å²) in [5.41, 5.74) is 15.1. The van der Waals surface area contributed by atoms with E-state index in [1.165, 1.54) is 22.3 Å². The van der Waals surface area contributed by atoms with E-state index in [1.807, 2.05) is 36.4 Å². The molecule has 0 atom stereocenters. The van der Waals surface area contributed by atoms with Crippen molar-refractivity contribution in [3.8, 4) is 89.6 Å². The number of pyridine rings is 1. The van der Waals surface area contributed by atoms with Crippen LogP contribution in [0, 0.1) is 0 Å². The van der Waals surface area contributed by atoms with E-state index in [4.69, 9.17) is 14.5 Å². The normalized spacial score (nSPS) is 11.8. The summed E-state index contributed by atoms with van der Waals surface area (Å²) < 4.78 is 12.5.